The van der Waals surface area contributed by atoms with E-state index in [2.05, 4.69) is 33.0 Å². The lowest BCUT2D eigenvalue weighted by Gasteiger charge is -2.24. The van der Waals surface area contributed by atoms with Crippen molar-refractivity contribution >= 4 is 9.84 Å². The Kier molecular flexibility index (Phi) is 6.12. The van der Waals surface area contributed by atoms with Crippen LogP contribution in [0.1, 0.15) is 47.0 Å². The van der Waals surface area contributed by atoms with Crippen LogP contribution in [0.25, 0.3) is 0 Å². The van der Waals surface area contributed by atoms with Crippen LogP contribution in [0, 0.1) is 17.8 Å². The second kappa shape index (κ2) is 6.90. The van der Waals surface area contributed by atoms with Crippen molar-refractivity contribution in [2.45, 2.75) is 53.0 Å². The Balaban J connectivity index is 2.37. The summed E-state index contributed by atoms with van der Waals surface area (Å²) in [5.41, 5.74) is 0. The highest BCUT2D eigenvalue weighted by Gasteiger charge is 2.28. The zero-order chi connectivity index (χ0) is 13.8. The lowest BCUT2D eigenvalue weighted by Crippen LogP contribution is -2.35. The largest absolute Gasteiger partial charge is 0.314 e. The maximum atomic E-state index is 11.4. The van der Waals surface area contributed by atoms with Gasteiger partial charge in [0.1, 0.15) is 0 Å². The topological polar surface area (TPSA) is 46.2 Å². The first-order chi connectivity index (χ1) is 8.28. The van der Waals surface area contributed by atoms with Gasteiger partial charge in [-0.15, -0.1) is 0 Å². The molecule has 18 heavy (non-hydrogen) atoms. The highest BCUT2D eigenvalue weighted by molar-refractivity contribution is 7.91. The van der Waals surface area contributed by atoms with E-state index >= 15 is 0 Å². The molecule has 1 fully saturated rings. The van der Waals surface area contributed by atoms with Crippen LogP contribution in [0.3, 0.4) is 0 Å². The third kappa shape index (κ3) is 6.19. The van der Waals surface area contributed by atoms with Crippen LogP contribution < -0.4 is 5.32 Å². The third-order valence-corrected chi connectivity index (χ3v) is 5.37. The highest BCUT2D eigenvalue weighted by atomic mass is 32.2. The molecule has 0 aromatic carbocycles. The molecule has 3 nitrogen and oxygen atoms in total. The number of rotatable bonds is 7. The molecular weight excluding hydrogens is 246 g/mol. The lowest BCUT2D eigenvalue weighted by molar-refractivity contribution is 0.342. The molecule has 1 heterocycles. The van der Waals surface area contributed by atoms with Crippen LogP contribution in [0.4, 0.5) is 0 Å². The summed E-state index contributed by atoms with van der Waals surface area (Å²) < 4.78 is 22.8. The number of sulfone groups is 1. The highest BCUT2D eigenvalue weighted by Crippen LogP contribution is 2.19. The zero-order valence-corrected chi connectivity index (χ0v) is 13.1. The van der Waals surface area contributed by atoms with Crippen molar-refractivity contribution in [2.75, 3.05) is 18.1 Å². The van der Waals surface area contributed by atoms with Crippen molar-refractivity contribution in [2.24, 2.45) is 17.8 Å². The normalized spacial score (nSPS) is 23.4. The van der Waals surface area contributed by atoms with Gasteiger partial charge in [0, 0.05) is 6.04 Å². The van der Waals surface area contributed by atoms with Crippen molar-refractivity contribution in [3.05, 3.63) is 0 Å². The fraction of sp³-hybridized carbons (Fsp3) is 1.00. The second-order valence-corrected chi connectivity index (χ2v) is 8.86. The SMILES string of the molecule is CC(C)CC(CC(C)C)NCC1CCS(=O)(=O)C1. The van der Waals surface area contributed by atoms with Crippen LogP contribution in [0.5, 0.6) is 0 Å². The Morgan fingerprint density at radius 2 is 1.67 bits per heavy atom. The molecule has 1 aliphatic heterocycles. The molecule has 1 rings (SSSR count). The van der Waals surface area contributed by atoms with Crippen LogP contribution >= 0.6 is 0 Å². The van der Waals surface area contributed by atoms with Gasteiger partial charge in [-0.3, -0.25) is 0 Å². The molecule has 0 saturated carbocycles. The molecule has 1 N–H and O–H groups in total. The van der Waals surface area contributed by atoms with Crippen LogP contribution in [-0.4, -0.2) is 32.5 Å². The zero-order valence-electron chi connectivity index (χ0n) is 12.3. The molecule has 1 aliphatic rings. The van der Waals surface area contributed by atoms with Crippen LogP contribution in [-0.2, 0) is 9.84 Å². The van der Waals surface area contributed by atoms with Gasteiger partial charge in [-0.2, -0.15) is 0 Å². The van der Waals surface area contributed by atoms with Gasteiger partial charge in [-0.05, 0) is 43.6 Å². The molecular formula is C14H29NO2S. The molecule has 0 aromatic heterocycles. The first-order valence-corrected chi connectivity index (χ1v) is 9.04. The van der Waals surface area contributed by atoms with Crippen molar-refractivity contribution in [3.8, 4) is 0 Å². The van der Waals surface area contributed by atoms with E-state index in [1.165, 1.54) is 12.8 Å². The predicted molar refractivity (Wildman–Crippen MR) is 77.5 cm³/mol. The molecule has 1 saturated heterocycles. The van der Waals surface area contributed by atoms with Crippen LogP contribution in [0.15, 0.2) is 0 Å². The third-order valence-electron chi connectivity index (χ3n) is 3.53. The van der Waals surface area contributed by atoms with Gasteiger partial charge in [-0.25, -0.2) is 8.42 Å². The summed E-state index contributed by atoms with van der Waals surface area (Å²) in [7, 11) is -2.73. The first kappa shape index (κ1) is 16.0. The Bertz CT molecular complexity index is 326. The molecule has 0 amide bonds. The van der Waals surface area contributed by atoms with E-state index in [0.717, 1.165) is 13.0 Å². The summed E-state index contributed by atoms with van der Waals surface area (Å²) in [6.07, 6.45) is 3.20. The molecule has 0 radical (unpaired) electrons. The van der Waals surface area contributed by atoms with Gasteiger partial charge >= 0.3 is 0 Å². The summed E-state index contributed by atoms with van der Waals surface area (Å²) >= 11 is 0. The molecule has 0 bridgehead atoms. The second-order valence-electron chi connectivity index (χ2n) is 6.63. The average molecular weight is 275 g/mol. The summed E-state index contributed by atoms with van der Waals surface area (Å²) in [5, 5.41) is 3.60. The standard InChI is InChI=1S/C14H29NO2S/c1-11(2)7-14(8-12(3)4)15-9-13-5-6-18(16,17)10-13/h11-15H,5-10H2,1-4H3. The van der Waals surface area contributed by atoms with Gasteiger partial charge in [0.05, 0.1) is 11.5 Å². The summed E-state index contributed by atoms with van der Waals surface area (Å²) in [6, 6.07) is 0.535. The van der Waals surface area contributed by atoms with Crippen molar-refractivity contribution < 1.29 is 8.42 Å². The van der Waals surface area contributed by atoms with Gasteiger partial charge < -0.3 is 5.32 Å². The minimum absolute atomic E-state index is 0.330. The molecule has 0 aliphatic carbocycles. The number of hydrogen-bond donors (Lipinski definition) is 1. The Morgan fingerprint density at radius 1 is 1.11 bits per heavy atom. The van der Waals surface area contributed by atoms with Crippen molar-refractivity contribution in [1.82, 2.24) is 5.32 Å². The van der Waals surface area contributed by atoms with E-state index in [9.17, 15) is 8.42 Å². The number of nitrogens with one attached hydrogen (secondary N) is 1. The quantitative estimate of drug-likeness (QED) is 0.776. The fourth-order valence-corrected chi connectivity index (χ4v) is 4.63. The molecule has 1 atom stereocenters. The predicted octanol–water partition coefficient (Wildman–Crippen LogP) is 2.47. The minimum atomic E-state index is -2.73. The van der Waals surface area contributed by atoms with Crippen molar-refractivity contribution in [3.63, 3.8) is 0 Å². The molecule has 108 valence electrons. The fourth-order valence-electron chi connectivity index (χ4n) is 2.77. The molecule has 0 aromatic rings. The lowest BCUT2D eigenvalue weighted by atomic mass is 9.95. The maximum Gasteiger partial charge on any atom is 0.150 e. The van der Waals surface area contributed by atoms with Gasteiger partial charge in [0.25, 0.3) is 0 Å². The Labute approximate surface area is 113 Å². The van der Waals surface area contributed by atoms with Crippen LogP contribution in [0.2, 0.25) is 0 Å². The van der Waals surface area contributed by atoms with Gasteiger partial charge in [0.2, 0.25) is 0 Å². The van der Waals surface area contributed by atoms with E-state index in [4.69, 9.17) is 0 Å². The summed E-state index contributed by atoms with van der Waals surface area (Å²) in [4.78, 5) is 0. The van der Waals surface area contributed by atoms with Gasteiger partial charge in [-0.1, -0.05) is 27.7 Å². The van der Waals surface area contributed by atoms with E-state index < -0.39 is 9.84 Å². The molecule has 4 heteroatoms. The van der Waals surface area contributed by atoms with E-state index in [1.54, 1.807) is 0 Å². The molecule has 1 unspecified atom stereocenters. The average Bonchev–Trinajstić information content (AvgIpc) is 2.53. The smallest absolute Gasteiger partial charge is 0.150 e. The van der Waals surface area contributed by atoms with E-state index in [-0.39, 0.29) is 0 Å². The Morgan fingerprint density at radius 3 is 2.06 bits per heavy atom. The molecule has 0 spiro atoms. The summed E-state index contributed by atoms with van der Waals surface area (Å²) in [5.74, 6) is 2.48. The number of hydrogen-bond acceptors (Lipinski definition) is 3. The van der Waals surface area contributed by atoms with E-state index in [0.29, 0.717) is 35.3 Å². The van der Waals surface area contributed by atoms with E-state index in [1.807, 2.05) is 0 Å². The van der Waals surface area contributed by atoms with Gasteiger partial charge in [0.15, 0.2) is 9.84 Å². The minimum Gasteiger partial charge on any atom is -0.314 e. The van der Waals surface area contributed by atoms with Crippen molar-refractivity contribution in [1.29, 1.82) is 0 Å². The summed E-state index contributed by atoms with van der Waals surface area (Å²) in [6.45, 7) is 9.84. The monoisotopic (exact) mass is 275 g/mol. The first-order valence-electron chi connectivity index (χ1n) is 7.22. The maximum absolute atomic E-state index is 11.4. The Hall–Kier alpha value is -0.0900.